The van der Waals surface area contributed by atoms with Gasteiger partial charge < -0.3 is 19.8 Å². The van der Waals surface area contributed by atoms with E-state index in [1.54, 1.807) is 6.07 Å². The molecule has 7 nitrogen and oxygen atoms in total. The van der Waals surface area contributed by atoms with Crippen LogP contribution in [0.15, 0.2) is 18.2 Å². The quantitative estimate of drug-likeness (QED) is 0.774. The first kappa shape index (κ1) is 18.8. The molecule has 145 valence electrons. The molecule has 2 heterocycles. The summed E-state index contributed by atoms with van der Waals surface area (Å²) < 4.78 is 5.56. The highest BCUT2D eigenvalue weighted by molar-refractivity contribution is 6.28. The van der Waals surface area contributed by atoms with Crippen LogP contribution in [0.2, 0.25) is 5.28 Å². The first-order valence-corrected chi connectivity index (χ1v) is 9.67. The number of hydrogen-bond donors (Lipinski definition) is 2. The second-order valence-electron chi connectivity index (χ2n) is 7.39. The highest BCUT2D eigenvalue weighted by Crippen LogP contribution is 2.36. The monoisotopic (exact) mass is 392 g/mol. The van der Waals surface area contributed by atoms with Gasteiger partial charge in [-0.2, -0.15) is 4.98 Å². The van der Waals surface area contributed by atoms with Crippen molar-refractivity contribution in [1.29, 1.82) is 0 Å². The van der Waals surface area contributed by atoms with E-state index in [0.29, 0.717) is 17.1 Å². The topological polar surface area (TPSA) is 98.6 Å². The Morgan fingerprint density at radius 1 is 1.22 bits per heavy atom. The van der Waals surface area contributed by atoms with E-state index < -0.39 is 31.0 Å². The van der Waals surface area contributed by atoms with Crippen molar-refractivity contribution in [2.45, 2.75) is 56.1 Å². The Hall–Kier alpha value is -1.51. The fraction of sp³-hybridized carbons (Fsp3) is 0.579. The third-order valence-electron chi connectivity index (χ3n) is 5.74. The van der Waals surface area contributed by atoms with E-state index in [1.165, 1.54) is 12.8 Å². The minimum atomic E-state index is -1.19. The number of aromatic nitrogens is 2. The summed E-state index contributed by atoms with van der Waals surface area (Å²) in [6, 6.07) is 5.92. The van der Waals surface area contributed by atoms with Crippen molar-refractivity contribution in [3.05, 3.63) is 29.0 Å². The third-order valence-corrected chi connectivity index (χ3v) is 5.90. The predicted molar refractivity (Wildman–Crippen MR) is 100 cm³/mol. The second kappa shape index (κ2) is 7.48. The molecule has 1 aliphatic carbocycles. The van der Waals surface area contributed by atoms with Gasteiger partial charge in [0.2, 0.25) is 5.28 Å². The molecule has 1 saturated heterocycles. The van der Waals surface area contributed by atoms with Gasteiger partial charge in [-0.3, -0.25) is 0 Å². The van der Waals surface area contributed by atoms with E-state index in [1.807, 2.05) is 19.2 Å². The van der Waals surface area contributed by atoms with Crippen LogP contribution in [0.5, 0.6) is 0 Å². The van der Waals surface area contributed by atoms with Crippen molar-refractivity contribution in [2.75, 3.05) is 18.6 Å². The first-order chi connectivity index (χ1) is 13.0. The van der Waals surface area contributed by atoms with Crippen molar-refractivity contribution >= 4 is 28.3 Å². The minimum absolute atomic E-state index is 0.157. The normalized spacial score (nSPS) is 28.9. The molecule has 4 rings (SSSR count). The molecule has 2 aromatic rings. The fourth-order valence-corrected chi connectivity index (χ4v) is 4.35. The van der Waals surface area contributed by atoms with Gasteiger partial charge in [-0.05, 0) is 42.1 Å². The standard InChI is InChI=1S/C19H23ClN3O4/c1-23(11-4-2-3-5-11)18-12-7-6-10(8-13(12)21-19(20)22-18)17-16(26)15(25)14(9-24)27-17/h6-8,11,14-17,25-26H,2-5,9H2,1H3/t14-,15-,16-,17+/m1/s1. The highest BCUT2D eigenvalue weighted by atomic mass is 35.5. The lowest BCUT2D eigenvalue weighted by Crippen LogP contribution is -2.32. The Labute approximate surface area is 162 Å². The summed E-state index contributed by atoms with van der Waals surface area (Å²) in [6.07, 6.45) is 0.668. The summed E-state index contributed by atoms with van der Waals surface area (Å²) in [6.45, 7) is -0.605. The van der Waals surface area contributed by atoms with Gasteiger partial charge in [0.25, 0.3) is 0 Å². The molecule has 2 aliphatic rings. The Bertz CT molecular complexity index is 830. The van der Waals surface area contributed by atoms with E-state index >= 15 is 0 Å². The van der Waals surface area contributed by atoms with Gasteiger partial charge in [0.1, 0.15) is 36.8 Å². The van der Waals surface area contributed by atoms with Gasteiger partial charge in [-0.25, -0.2) is 10.1 Å². The minimum Gasteiger partial charge on any atom is -0.387 e. The van der Waals surface area contributed by atoms with Crippen molar-refractivity contribution in [2.24, 2.45) is 0 Å². The Morgan fingerprint density at radius 3 is 2.63 bits per heavy atom. The number of rotatable bonds is 4. The number of aliphatic hydroxyl groups excluding tert-OH is 2. The molecule has 1 aromatic heterocycles. The molecule has 1 aliphatic heterocycles. The average molecular weight is 393 g/mol. The molecule has 2 N–H and O–H groups in total. The number of nitrogens with zero attached hydrogens (tertiary/aromatic N) is 3. The zero-order chi connectivity index (χ0) is 19.1. The SMILES string of the molecule is CN(c1nc(Cl)nc2cc([C@@H]3O[C@H](C[O])[C@@H](O)[C@H]3O)ccc12)C1CCCC1. The predicted octanol–water partition coefficient (Wildman–Crippen LogP) is 2.25. The number of benzene rings is 1. The van der Waals surface area contributed by atoms with Crippen LogP contribution in [0, 0.1) is 0 Å². The number of halogens is 1. The average Bonchev–Trinajstić information content (AvgIpc) is 3.29. The van der Waals surface area contributed by atoms with Crippen molar-refractivity contribution in [3.8, 4) is 0 Å². The molecule has 0 spiro atoms. The highest BCUT2D eigenvalue weighted by Gasteiger charge is 2.43. The lowest BCUT2D eigenvalue weighted by molar-refractivity contribution is -0.0398. The van der Waals surface area contributed by atoms with E-state index in [-0.39, 0.29) is 5.28 Å². The molecule has 0 bridgehead atoms. The summed E-state index contributed by atoms with van der Waals surface area (Å²) in [4.78, 5) is 10.9. The van der Waals surface area contributed by atoms with Gasteiger partial charge in [-0.1, -0.05) is 18.9 Å². The Kier molecular flexibility index (Phi) is 5.22. The molecular formula is C19H23ClN3O4. The van der Waals surface area contributed by atoms with E-state index in [9.17, 15) is 15.3 Å². The first-order valence-electron chi connectivity index (χ1n) is 9.29. The largest absolute Gasteiger partial charge is 0.387 e. The van der Waals surface area contributed by atoms with Crippen LogP contribution in [-0.2, 0) is 9.84 Å². The number of fused-ring (bicyclic) bond motifs is 1. The molecule has 1 radical (unpaired) electrons. The zero-order valence-corrected chi connectivity index (χ0v) is 15.8. The summed E-state index contributed by atoms with van der Waals surface area (Å²) in [5.74, 6) is 0.786. The molecule has 0 unspecified atom stereocenters. The molecule has 0 amide bonds. The molecule has 1 aromatic carbocycles. The molecule has 8 heteroatoms. The summed E-state index contributed by atoms with van der Waals surface area (Å²) in [5, 5.41) is 32.4. The molecule has 27 heavy (non-hydrogen) atoms. The molecule has 2 fully saturated rings. The number of anilines is 1. The summed E-state index contributed by atoms with van der Waals surface area (Å²) in [7, 11) is 2.03. The van der Waals surface area contributed by atoms with Crippen LogP contribution in [0.4, 0.5) is 5.82 Å². The van der Waals surface area contributed by atoms with Gasteiger partial charge in [-0.15, -0.1) is 0 Å². The van der Waals surface area contributed by atoms with Crippen LogP contribution in [0.25, 0.3) is 10.9 Å². The third kappa shape index (κ3) is 3.39. The lowest BCUT2D eigenvalue weighted by Gasteiger charge is -2.26. The van der Waals surface area contributed by atoms with Crippen molar-refractivity contribution in [1.82, 2.24) is 9.97 Å². The van der Waals surface area contributed by atoms with Crippen LogP contribution in [-0.4, -0.2) is 58.2 Å². The van der Waals surface area contributed by atoms with Gasteiger partial charge in [0.05, 0.1) is 5.52 Å². The maximum absolute atomic E-state index is 11.1. The summed E-state index contributed by atoms with van der Waals surface area (Å²) >= 11 is 6.17. The van der Waals surface area contributed by atoms with Crippen molar-refractivity contribution in [3.63, 3.8) is 0 Å². The second-order valence-corrected chi connectivity index (χ2v) is 7.72. The number of ether oxygens (including phenoxy) is 1. The maximum atomic E-state index is 11.1. The van der Waals surface area contributed by atoms with Crippen LogP contribution in [0.1, 0.15) is 37.4 Å². The maximum Gasteiger partial charge on any atom is 0.224 e. The molecule has 1 saturated carbocycles. The van der Waals surface area contributed by atoms with E-state index in [2.05, 4.69) is 14.9 Å². The molecular weight excluding hydrogens is 370 g/mol. The van der Waals surface area contributed by atoms with Crippen LogP contribution >= 0.6 is 11.6 Å². The van der Waals surface area contributed by atoms with Crippen LogP contribution < -0.4 is 4.90 Å². The molecule has 4 atom stereocenters. The zero-order valence-electron chi connectivity index (χ0n) is 15.1. The van der Waals surface area contributed by atoms with E-state index in [4.69, 9.17) is 16.3 Å². The Balaban J connectivity index is 1.71. The lowest BCUT2D eigenvalue weighted by atomic mass is 10.00. The smallest absolute Gasteiger partial charge is 0.224 e. The Morgan fingerprint density at radius 2 is 1.96 bits per heavy atom. The van der Waals surface area contributed by atoms with Gasteiger partial charge >= 0.3 is 0 Å². The van der Waals surface area contributed by atoms with Crippen LogP contribution in [0.3, 0.4) is 0 Å². The van der Waals surface area contributed by atoms with Crippen molar-refractivity contribution < 1.29 is 20.1 Å². The van der Waals surface area contributed by atoms with E-state index in [0.717, 1.165) is 24.0 Å². The summed E-state index contributed by atoms with van der Waals surface area (Å²) in [5.41, 5.74) is 1.29. The van der Waals surface area contributed by atoms with Gasteiger partial charge in [0.15, 0.2) is 0 Å². The van der Waals surface area contributed by atoms with Gasteiger partial charge in [0, 0.05) is 18.5 Å². The number of hydrogen-bond acceptors (Lipinski definition) is 6. The fourth-order valence-electron chi connectivity index (χ4n) is 4.17. The number of aliphatic hydroxyl groups is 2.